The van der Waals surface area contributed by atoms with Crippen molar-refractivity contribution < 1.29 is 0 Å². The molecule has 50 heavy (non-hydrogen) atoms. The van der Waals surface area contributed by atoms with Crippen molar-refractivity contribution in [3.05, 3.63) is 187 Å². The Kier molecular flexibility index (Phi) is 6.71. The number of aromatic nitrogens is 1. The van der Waals surface area contributed by atoms with Crippen LogP contribution >= 0.6 is 11.3 Å². The molecular formula is C45H30N4S. The van der Waals surface area contributed by atoms with Crippen molar-refractivity contribution in [2.75, 3.05) is 0 Å². The molecule has 236 valence electrons. The fraction of sp³-hybridized carbons (Fsp3) is 0.0222. The highest BCUT2D eigenvalue weighted by Crippen LogP contribution is 2.42. The van der Waals surface area contributed by atoms with E-state index < -0.39 is 0 Å². The van der Waals surface area contributed by atoms with E-state index in [9.17, 15) is 0 Å². The van der Waals surface area contributed by atoms with Crippen LogP contribution in [0.25, 0.3) is 58.8 Å². The second-order valence-corrected chi connectivity index (χ2v) is 13.7. The Morgan fingerprint density at radius 2 is 1.22 bits per heavy atom. The molecule has 0 amide bonds. The predicted octanol–water partition coefficient (Wildman–Crippen LogP) is 11.3. The van der Waals surface area contributed by atoms with Crippen molar-refractivity contribution in [2.24, 2.45) is 9.98 Å². The standard InChI is InChI=1S/C45H30N4S/c1-4-14-29(15-5-1)43-46-44(30-16-6-2-7-17-30)48-45(47-43)37-24-13-23-36-38-28-31(26-27-40(38)50-42(36)37)33-21-12-22-35-34-20-10-11-25-39(34)49(41(33)35)32-18-8-3-9-19-32/h1-28,43H,(H,46,47,48). The summed E-state index contributed by atoms with van der Waals surface area (Å²) in [7, 11) is 0. The number of aliphatic imine (C=N–C) groups is 2. The van der Waals surface area contributed by atoms with Crippen LogP contribution in [-0.2, 0) is 0 Å². The van der Waals surface area contributed by atoms with E-state index in [2.05, 4.69) is 155 Å². The molecule has 0 aliphatic carbocycles. The van der Waals surface area contributed by atoms with Gasteiger partial charge in [-0.25, -0.2) is 9.98 Å². The number of hydrogen-bond acceptors (Lipinski definition) is 4. The summed E-state index contributed by atoms with van der Waals surface area (Å²) in [5, 5.41) is 8.56. The number of amidine groups is 2. The predicted molar refractivity (Wildman–Crippen MR) is 211 cm³/mol. The Balaban J connectivity index is 1.16. The summed E-state index contributed by atoms with van der Waals surface area (Å²) in [6, 6.07) is 60.3. The van der Waals surface area contributed by atoms with E-state index in [1.807, 2.05) is 35.6 Å². The Labute approximate surface area is 293 Å². The van der Waals surface area contributed by atoms with Gasteiger partial charge in [-0.2, -0.15) is 0 Å². The first-order chi connectivity index (χ1) is 24.8. The summed E-state index contributed by atoms with van der Waals surface area (Å²) in [5.74, 6) is 1.57. The van der Waals surface area contributed by atoms with Crippen LogP contribution in [-0.4, -0.2) is 16.2 Å². The zero-order valence-electron chi connectivity index (χ0n) is 27.0. The molecule has 0 saturated carbocycles. The van der Waals surface area contributed by atoms with Gasteiger partial charge in [-0.15, -0.1) is 11.3 Å². The first-order valence-electron chi connectivity index (χ1n) is 16.9. The van der Waals surface area contributed by atoms with Crippen molar-refractivity contribution in [2.45, 2.75) is 6.17 Å². The van der Waals surface area contributed by atoms with Gasteiger partial charge in [0.15, 0.2) is 5.84 Å². The number of benzene rings is 7. The third kappa shape index (κ3) is 4.66. The summed E-state index contributed by atoms with van der Waals surface area (Å²) in [4.78, 5) is 10.3. The summed E-state index contributed by atoms with van der Waals surface area (Å²) in [6.45, 7) is 0. The largest absolute Gasteiger partial charge is 0.344 e. The Morgan fingerprint density at radius 3 is 2.04 bits per heavy atom. The molecule has 3 heterocycles. The van der Waals surface area contributed by atoms with E-state index >= 15 is 0 Å². The van der Waals surface area contributed by atoms with Crippen molar-refractivity contribution in [3.8, 4) is 16.8 Å². The maximum Gasteiger partial charge on any atom is 0.160 e. The molecule has 10 rings (SSSR count). The molecule has 5 heteroatoms. The number of hydrogen-bond donors (Lipinski definition) is 1. The monoisotopic (exact) mass is 658 g/mol. The highest BCUT2D eigenvalue weighted by molar-refractivity contribution is 7.26. The number of nitrogens with one attached hydrogen (secondary N) is 1. The van der Waals surface area contributed by atoms with E-state index in [0.717, 1.165) is 34.0 Å². The van der Waals surface area contributed by atoms with Crippen molar-refractivity contribution in [1.82, 2.24) is 9.88 Å². The van der Waals surface area contributed by atoms with Crippen LogP contribution < -0.4 is 5.32 Å². The normalized spacial score (nSPS) is 14.6. The Bertz CT molecular complexity index is 2780. The summed E-state index contributed by atoms with van der Waals surface area (Å²) >= 11 is 1.81. The van der Waals surface area contributed by atoms with Crippen LogP contribution in [0.15, 0.2) is 180 Å². The van der Waals surface area contributed by atoms with Crippen LogP contribution in [0, 0.1) is 0 Å². The van der Waals surface area contributed by atoms with Crippen LogP contribution in [0.5, 0.6) is 0 Å². The van der Waals surface area contributed by atoms with Gasteiger partial charge in [0, 0.05) is 53.3 Å². The molecule has 1 aliphatic rings. The number of thiophene rings is 1. The number of fused-ring (bicyclic) bond motifs is 6. The number of nitrogens with zero attached hydrogens (tertiary/aromatic N) is 3. The van der Waals surface area contributed by atoms with Gasteiger partial charge in [-0.05, 0) is 47.5 Å². The minimum absolute atomic E-state index is 0.244. The lowest BCUT2D eigenvalue weighted by Crippen LogP contribution is -2.33. The SMILES string of the molecule is c1ccc(C2=NC(c3cccc4c3sc3ccc(-c5cccc6c7ccccc7n(-c7ccccc7)c56)cc34)=NC(c3ccccc3)N2)cc1. The maximum absolute atomic E-state index is 5.20. The average Bonchev–Trinajstić information content (AvgIpc) is 3.74. The van der Waals surface area contributed by atoms with Gasteiger partial charge in [0.05, 0.1) is 11.0 Å². The molecule has 0 radical (unpaired) electrons. The molecule has 1 atom stereocenters. The first kappa shape index (κ1) is 28.7. The zero-order chi connectivity index (χ0) is 33.0. The Hall–Kier alpha value is -6.30. The van der Waals surface area contributed by atoms with E-state index in [1.54, 1.807) is 0 Å². The average molecular weight is 659 g/mol. The quantitative estimate of drug-likeness (QED) is 0.196. The highest BCUT2D eigenvalue weighted by Gasteiger charge is 2.23. The van der Waals surface area contributed by atoms with Gasteiger partial charge >= 0.3 is 0 Å². The maximum atomic E-state index is 5.20. The van der Waals surface area contributed by atoms with Gasteiger partial charge in [0.1, 0.15) is 12.0 Å². The molecule has 1 unspecified atom stereocenters. The molecule has 4 nitrogen and oxygen atoms in total. The topological polar surface area (TPSA) is 41.7 Å². The van der Waals surface area contributed by atoms with Crippen molar-refractivity contribution in [1.29, 1.82) is 0 Å². The number of para-hydroxylation sites is 3. The van der Waals surface area contributed by atoms with Crippen LogP contribution in [0.4, 0.5) is 0 Å². The molecule has 9 aromatic rings. The molecule has 2 aromatic heterocycles. The van der Waals surface area contributed by atoms with E-state index in [4.69, 9.17) is 9.98 Å². The molecule has 0 fully saturated rings. The summed E-state index contributed by atoms with van der Waals surface area (Å²) in [5.41, 5.74) is 9.18. The molecule has 0 saturated heterocycles. The second-order valence-electron chi connectivity index (χ2n) is 12.6. The first-order valence-corrected chi connectivity index (χ1v) is 17.7. The van der Waals surface area contributed by atoms with Gasteiger partial charge in [0.25, 0.3) is 0 Å². The van der Waals surface area contributed by atoms with Crippen LogP contribution in [0.1, 0.15) is 22.9 Å². The van der Waals surface area contributed by atoms with Crippen LogP contribution in [0.3, 0.4) is 0 Å². The molecule has 0 spiro atoms. The van der Waals surface area contributed by atoms with E-state index in [-0.39, 0.29) is 6.17 Å². The van der Waals surface area contributed by atoms with E-state index in [1.165, 1.54) is 53.1 Å². The van der Waals surface area contributed by atoms with Crippen molar-refractivity contribution in [3.63, 3.8) is 0 Å². The summed E-state index contributed by atoms with van der Waals surface area (Å²) < 4.78 is 4.85. The molecule has 1 N–H and O–H groups in total. The van der Waals surface area contributed by atoms with Gasteiger partial charge in [0.2, 0.25) is 0 Å². The molecule has 7 aromatic carbocycles. The van der Waals surface area contributed by atoms with Crippen molar-refractivity contribution >= 4 is 65.0 Å². The third-order valence-corrected chi connectivity index (χ3v) is 10.9. The van der Waals surface area contributed by atoms with Gasteiger partial charge in [-0.1, -0.05) is 133 Å². The summed E-state index contributed by atoms with van der Waals surface area (Å²) in [6.07, 6.45) is -0.244. The molecule has 0 bridgehead atoms. The van der Waals surface area contributed by atoms with Crippen LogP contribution in [0.2, 0.25) is 0 Å². The lowest BCUT2D eigenvalue weighted by molar-refractivity contribution is 0.674. The second kappa shape index (κ2) is 11.7. The van der Waals surface area contributed by atoms with Gasteiger partial charge in [-0.3, -0.25) is 0 Å². The fourth-order valence-electron chi connectivity index (χ4n) is 7.36. The minimum atomic E-state index is -0.244. The lowest BCUT2D eigenvalue weighted by atomic mass is 9.99. The molecule has 1 aliphatic heterocycles. The number of rotatable bonds is 5. The Morgan fingerprint density at radius 1 is 0.540 bits per heavy atom. The fourth-order valence-corrected chi connectivity index (χ4v) is 8.55. The van der Waals surface area contributed by atoms with Gasteiger partial charge < -0.3 is 9.88 Å². The third-order valence-electron chi connectivity index (χ3n) is 9.66. The molecular weight excluding hydrogens is 629 g/mol. The zero-order valence-corrected chi connectivity index (χ0v) is 27.8. The minimum Gasteiger partial charge on any atom is -0.344 e. The highest BCUT2D eigenvalue weighted by atomic mass is 32.1. The smallest absolute Gasteiger partial charge is 0.160 e. The van der Waals surface area contributed by atoms with E-state index in [0.29, 0.717) is 0 Å². The lowest BCUT2D eigenvalue weighted by Gasteiger charge is -2.23.